The highest BCUT2D eigenvalue weighted by Crippen LogP contribution is 2.09. The monoisotopic (exact) mass is 279 g/mol. The summed E-state index contributed by atoms with van der Waals surface area (Å²) in [7, 11) is 1.74. The second-order valence-electron chi connectivity index (χ2n) is 4.93. The van der Waals surface area contributed by atoms with Gasteiger partial charge in [-0.15, -0.1) is 0 Å². The number of hydrogen-bond acceptors (Lipinski definition) is 3. The molecule has 0 saturated carbocycles. The van der Waals surface area contributed by atoms with Crippen molar-refractivity contribution in [1.82, 2.24) is 9.88 Å². The third kappa shape index (κ3) is 5.26. The average Bonchev–Trinajstić information content (AvgIpc) is 2.40. The fraction of sp³-hybridized carbons (Fsp3) is 0.500. The van der Waals surface area contributed by atoms with Gasteiger partial charge in [-0.1, -0.05) is 20.3 Å². The number of hydrogen-bond donors (Lipinski definition) is 2. The summed E-state index contributed by atoms with van der Waals surface area (Å²) >= 11 is 0. The molecule has 0 radical (unpaired) electrons. The zero-order valence-corrected chi connectivity index (χ0v) is 12.1. The second-order valence-corrected chi connectivity index (χ2v) is 4.93. The summed E-state index contributed by atoms with van der Waals surface area (Å²) in [6.45, 7) is 4.86. The van der Waals surface area contributed by atoms with Crippen LogP contribution in [0.15, 0.2) is 18.3 Å². The van der Waals surface area contributed by atoms with Crippen LogP contribution >= 0.6 is 0 Å². The van der Waals surface area contributed by atoms with Crippen molar-refractivity contribution in [1.29, 1.82) is 0 Å². The van der Waals surface area contributed by atoms with Gasteiger partial charge in [-0.05, 0) is 18.1 Å². The van der Waals surface area contributed by atoms with E-state index in [-0.39, 0.29) is 12.5 Å². The third-order valence-corrected chi connectivity index (χ3v) is 3.04. The van der Waals surface area contributed by atoms with Gasteiger partial charge in [0.25, 0.3) is 0 Å². The molecule has 0 aliphatic carbocycles. The molecule has 2 amide bonds. The molecule has 1 rings (SSSR count). The lowest BCUT2D eigenvalue weighted by Gasteiger charge is -2.21. The number of nitrogens with one attached hydrogen (secondary N) is 1. The van der Waals surface area contributed by atoms with Crippen molar-refractivity contribution in [3.05, 3.63) is 24.0 Å². The Morgan fingerprint density at radius 1 is 1.45 bits per heavy atom. The SMILES string of the molecule is CCC(C)CN(C)C(=O)Nc1ccc(CC(=O)O)nc1. The molecular weight excluding hydrogens is 258 g/mol. The van der Waals surface area contributed by atoms with Gasteiger partial charge in [0.2, 0.25) is 0 Å². The van der Waals surface area contributed by atoms with Crippen molar-refractivity contribution in [2.75, 3.05) is 18.9 Å². The highest BCUT2D eigenvalue weighted by Gasteiger charge is 2.11. The topological polar surface area (TPSA) is 82.5 Å². The molecule has 1 unspecified atom stereocenters. The van der Waals surface area contributed by atoms with Gasteiger partial charge >= 0.3 is 12.0 Å². The quantitative estimate of drug-likeness (QED) is 0.836. The summed E-state index contributed by atoms with van der Waals surface area (Å²) in [4.78, 5) is 28.1. The van der Waals surface area contributed by atoms with E-state index in [2.05, 4.69) is 24.1 Å². The van der Waals surface area contributed by atoms with E-state index in [4.69, 9.17) is 5.11 Å². The fourth-order valence-electron chi connectivity index (χ4n) is 1.66. The van der Waals surface area contributed by atoms with E-state index in [1.54, 1.807) is 24.1 Å². The number of pyridine rings is 1. The highest BCUT2D eigenvalue weighted by molar-refractivity contribution is 5.88. The van der Waals surface area contributed by atoms with Crippen LogP contribution in [0.5, 0.6) is 0 Å². The maximum absolute atomic E-state index is 11.9. The molecule has 1 atom stereocenters. The van der Waals surface area contributed by atoms with Crippen LogP contribution < -0.4 is 5.32 Å². The van der Waals surface area contributed by atoms with Crippen LogP contribution in [0.4, 0.5) is 10.5 Å². The minimum Gasteiger partial charge on any atom is -0.481 e. The Balaban J connectivity index is 2.55. The van der Waals surface area contributed by atoms with Crippen molar-refractivity contribution in [2.24, 2.45) is 5.92 Å². The van der Waals surface area contributed by atoms with E-state index in [1.807, 2.05) is 0 Å². The molecular formula is C14H21N3O3. The Kier molecular flexibility index (Phi) is 5.96. The van der Waals surface area contributed by atoms with Gasteiger partial charge in [-0.25, -0.2) is 4.79 Å². The zero-order chi connectivity index (χ0) is 15.1. The molecule has 1 aromatic heterocycles. The van der Waals surface area contributed by atoms with Crippen LogP contribution in [0.2, 0.25) is 0 Å². The molecule has 6 heteroatoms. The Bertz CT molecular complexity index is 459. The van der Waals surface area contributed by atoms with Crippen LogP contribution in [-0.2, 0) is 11.2 Å². The standard InChI is InChI=1S/C14H21N3O3/c1-4-10(2)9-17(3)14(20)16-12-6-5-11(15-8-12)7-13(18)19/h5-6,8,10H,4,7,9H2,1-3H3,(H,16,20)(H,18,19). The van der Waals surface area contributed by atoms with Crippen LogP contribution in [0.3, 0.4) is 0 Å². The largest absolute Gasteiger partial charge is 0.481 e. The van der Waals surface area contributed by atoms with E-state index in [9.17, 15) is 9.59 Å². The van der Waals surface area contributed by atoms with Gasteiger partial charge in [0.15, 0.2) is 0 Å². The maximum Gasteiger partial charge on any atom is 0.321 e. The van der Waals surface area contributed by atoms with E-state index in [1.165, 1.54) is 6.20 Å². The number of carbonyl (C=O) groups is 2. The van der Waals surface area contributed by atoms with Gasteiger partial charge in [0.05, 0.1) is 24.0 Å². The average molecular weight is 279 g/mol. The lowest BCUT2D eigenvalue weighted by molar-refractivity contribution is -0.136. The van der Waals surface area contributed by atoms with Gasteiger partial charge in [0, 0.05) is 13.6 Å². The van der Waals surface area contributed by atoms with Gasteiger partial charge in [0.1, 0.15) is 0 Å². The van der Waals surface area contributed by atoms with Crippen molar-refractivity contribution >= 4 is 17.7 Å². The van der Waals surface area contributed by atoms with Crippen LogP contribution in [-0.4, -0.2) is 40.6 Å². The number of carboxylic acids is 1. The van der Waals surface area contributed by atoms with Crippen LogP contribution in [0, 0.1) is 5.92 Å². The van der Waals surface area contributed by atoms with Crippen molar-refractivity contribution < 1.29 is 14.7 Å². The molecule has 20 heavy (non-hydrogen) atoms. The van der Waals surface area contributed by atoms with Crippen molar-refractivity contribution in [3.63, 3.8) is 0 Å². The zero-order valence-electron chi connectivity index (χ0n) is 12.1. The first-order chi connectivity index (χ1) is 9.42. The van der Waals surface area contributed by atoms with E-state index >= 15 is 0 Å². The smallest absolute Gasteiger partial charge is 0.321 e. The number of urea groups is 1. The minimum absolute atomic E-state index is 0.123. The summed E-state index contributed by atoms with van der Waals surface area (Å²) in [5, 5.41) is 11.4. The summed E-state index contributed by atoms with van der Waals surface area (Å²) in [5.41, 5.74) is 1.02. The molecule has 0 fully saturated rings. The first kappa shape index (κ1) is 15.9. The number of rotatable bonds is 6. The molecule has 0 saturated heterocycles. The van der Waals surface area contributed by atoms with E-state index < -0.39 is 5.97 Å². The first-order valence-corrected chi connectivity index (χ1v) is 6.61. The van der Waals surface area contributed by atoms with Crippen molar-refractivity contribution in [3.8, 4) is 0 Å². The van der Waals surface area contributed by atoms with Crippen LogP contribution in [0.1, 0.15) is 26.0 Å². The number of aromatic nitrogens is 1. The molecule has 2 N–H and O–H groups in total. The fourth-order valence-corrected chi connectivity index (χ4v) is 1.66. The Morgan fingerprint density at radius 3 is 2.65 bits per heavy atom. The first-order valence-electron chi connectivity index (χ1n) is 6.61. The minimum atomic E-state index is -0.928. The number of carbonyl (C=O) groups excluding carboxylic acids is 1. The third-order valence-electron chi connectivity index (χ3n) is 3.04. The summed E-state index contributed by atoms with van der Waals surface area (Å²) < 4.78 is 0. The number of carboxylic acid groups (broad SMARTS) is 1. The molecule has 1 heterocycles. The predicted molar refractivity (Wildman–Crippen MR) is 76.7 cm³/mol. The Labute approximate surface area is 118 Å². The molecule has 0 spiro atoms. The Hall–Kier alpha value is -2.11. The van der Waals surface area contributed by atoms with Gasteiger partial charge in [-0.2, -0.15) is 0 Å². The van der Waals surface area contributed by atoms with Gasteiger partial charge < -0.3 is 15.3 Å². The second kappa shape index (κ2) is 7.47. The molecule has 0 aromatic carbocycles. The molecule has 1 aromatic rings. The number of amides is 2. The highest BCUT2D eigenvalue weighted by atomic mass is 16.4. The number of nitrogens with zero attached hydrogens (tertiary/aromatic N) is 2. The summed E-state index contributed by atoms with van der Waals surface area (Å²) in [5.74, 6) is -0.482. The molecule has 0 aliphatic heterocycles. The van der Waals surface area contributed by atoms with E-state index in [0.29, 0.717) is 23.8 Å². The van der Waals surface area contributed by atoms with Gasteiger partial charge in [-0.3, -0.25) is 9.78 Å². The molecule has 0 aliphatic rings. The molecule has 6 nitrogen and oxygen atoms in total. The lowest BCUT2D eigenvalue weighted by atomic mass is 10.1. The molecule has 110 valence electrons. The summed E-state index contributed by atoms with van der Waals surface area (Å²) in [6.07, 6.45) is 2.36. The van der Waals surface area contributed by atoms with E-state index in [0.717, 1.165) is 6.42 Å². The number of anilines is 1. The van der Waals surface area contributed by atoms with Crippen molar-refractivity contribution in [2.45, 2.75) is 26.7 Å². The molecule has 0 bridgehead atoms. The lowest BCUT2D eigenvalue weighted by Crippen LogP contribution is -2.34. The maximum atomic E-state index is 11.9. The Morgan fingerprint density at radius 2 is 2.15 bits per heavy atom. The van der Waals surface area contributed by atoms with Crippen LogP contribution in [0.25, 0.3) is 0 Å². The normalized spacial score (nSPS) is 11.8. The predicted octanol–water partition coefficient (Wildman–Crippen LogP) is 2.22. The number of aliphatic carboxylic acids is 1. The summed E-state index contributed by atoms with van der Waals surface area (Å²) in [6, 6.07) is 3.05.